The molecule has 0 aliphatic carbocycles. The Morgan fingerprint density at radius 1 is 1.21 bits per heavy atom. The Bertz CT molecular complexity index is 776. The van der Waals surface area contributed by atoms with Crippen LogP contribution >= 0.6 is 0 Å². The standard InChI is InChI=1S/C21H29N5O2/c1-3-4-12-24(2)20-19(26(27)28)21(23-16-22-20)25-13-10-18(11-14-25)15-17-8-6-5-7-9-17/h5-9,16,18H,3-4,10-15H2,1-2H3. The van der Waals surface area contributed by atoms with Crippen LogP contribution in [-0.4, -0.2) is 41.6 Å². The fourth-order valence-corrected chi connectivity index (χ4v) is 3.83. The molecule has 0 spiro atoms. The minimum atomic E-state index is -0.330. The first-order valence-corrected chi connectivity index (χ1v) is 10.1. The summed E-state index contributed by atoms with van der Waals surface area (Å²) in [5.41, 5.74) is 1.39. The van der Waals surface area contributed by atoms with Gasteiger partial charge in [-0.25, -0.2) is 9.97 Å². The second kappa shape index (κ2) is 9.48. The summed E-state index contributed by atoms with van der Waals surface area (Å²) in [6.45, 7) is 4.42. The van der Waals surface area contributed by atoms with E-state index in [0.717, 1.165) is 51.7 Å². The van der Waals surface area contributed by atoms with E-state index in [1.54, 1.807) is 0 Å². The number of hydrogen-bond acceptors (Lipinski definition) is 6. The second-order valence-electron chi connectivity index (χ2n) is 7.52. The Hall–Kier alpha value is -2.70. The molecule has 7 heteroatoms. The van der Waals surface area contributed by atoms with Gasteiger partial charge in [-0.3, -0.25) is 10.1 Å². The van der Waals surface area contributed by atoms with E-state index in [4.69, 9.17) is 0 Å². The molecule has 1 fully saturated rings. The summed E-state index contributed by atoms with van der Waals surface area (Å²) in [4.78, 5) is 24.0. The molecule has 3 rings (SSSR count). The van der Waals surface area contributed by atoms with Gasteiger partial charge in [0.1, 0.15) is 6.33 Å². The molecule has 1 aromatic carbocycles. The van der Waals surface area contributed by atoms with Crippen LogP contribution in [0.15, 0.2) is 36.7 Å². The highest BCUT2D eigenvalue weighted by Crippen LogP contribution is 2.36. The van der Waals surface area contributed by atoms with Gasteiger partial charge < -0.3 is 9.80 Å². The molecule has 0 bridgehead atoms. The van der Waals surface area contributed by atoms with Gasteiger partial charge >= 0.3 is 5.69 Å². The molecule has 0 saturated carbocycles. The lowest BCUT2D eigenvalue weighted by atomic mass is 9.90. The van der Waals surface area contributed by atoms with Crippen molar-refractivity contribution in [1.29, 1.82) is 0 Å². The van der Waals surface area contributed by atoms with Crippen LogP contribution in [0, 0.1) is 16.0 Å². The average molecular weight is 383 g/mol. The van der Waals surface area contributed by atoms with Gasteiger partial charge in [-0.1, -0.05) is 43.7 Å². The van der Waals surface area contributed by atoms with Crippen molar-refractivity contribution >= 4 is 17.3 Å². The van der Waals surface area contributed by atoms with Crippen LogP contribution in [0.1, 0.15) is 38.2 Å². The maximum Gasteiger partial charge on any atom is 0.353 e. The van der Waals surface area contributed by atoms with E-state index in [0.29, 0.717) is 17.6 Å². The van der Waals surface area contributed by atoms with Gasteiger partial charge in [-0.05, 0) is 37.2 Å². The molecule has 0 atom stereocenters. The van der Waals surface area contributed by atoms with E-state index >= 15 is 0 Å². The zero-order valence-corrected chi connectivity index (χ0v) is 16.8. The number of nitrogens with zero attached hydrogens (tertiary/aromatic N) is 5. The van der Waals surface area contributed by atoms with E-state index in [9.17, 15) is 10.1 Å². The van der Waals surface area contributed by atoms with E-state index < -0.39 is 0 Å². The summed E-state index contributed by atoms with van der Waals surface area (Å²) in [6, 6.07) is 10.5. The lowest BCUT2D eigenvalue weighted by Gasteiger charge is -2.33. The maximum atomic E-state index is 11.8. The number of unbranched alkanes of at least 4 members (excludes halogenated alkanes) is 1. The smallest absolute Gasteiger partial charge is 0.353 e. The summed E-state index contributed by atoms with van der Waals surface area (Å²) < 4.78 is 0. The molecule has 0 unspecified atom stereocenters. The van der Waals surface area contributed by atoms with E-state index in [1.165, 1.54) is 11.9 Å². The van der Waals surface area contributed by atoms with Crippen molar-refractivity contribution in [3.8, 4) is 0 Å². The predicted molar refractivity (Wildman–Crippen MR) is 112 cm³/mol. The molecule has 0 amide bonds. The average Bonchev–Trinajstić information content (AvgIpc) is 2.72. The van der Waals surface area contributed by atoms with Crippen molar-refractivity contribution in [2.24, 2.45) is 5.92 Å². The first kappa shape index (κ1) is 20.0. The third-order valence-corrected chi connectivity index (χ3v) is 5.46. The van der Waals surface area contributed by atoms with Gasteiger partial charge in [0.2, 0.25) is 11.6 Å². The first-order valence-electron chi connectivity index (χ1n) is 10.1. The van der Waals surface area contributed by atoms with Crippen LogP contribution < -0.4 is 9.80 Å². The number of anilines is 2. The lowest BCUT2D eigenvalue weighted by Crippen LogP contribution is -2.35. The number of benzene rings is 1. The van der Waals surface area contributed by atoms with Crippen molar-refractivity contribution < 1.29 is 4.92 Å². The highest BCUT2D eigenvalue weighted by molar-refractivity contribution is 5.71. The summed E-state index contributed by atoms with van der Waals surface area (Å²) in [5, 5.41) is 11.8. The minimum Gasteiger partial charge on any atom is -0.354 e. The molecule has 2 heterocycles. The Balaban J connectivity index is 1.72. The molecule has 7 nitrogen and oxygen atoms in total. The summed E-state index contributed by atoms with van der Waals surface area (Å²) >= 11 is 0. The molecular weight excluding hydrogens is 354 g/mol. The van der Waals surface area contributed by atoms with Crippen molar-refractivity contribution in [1.82, 2.24) is 9.97 Å². The molecule has 1 aliphatic rings. The van der Waals surface area contributed by atoms with Crippen molar-refractivity contribution in [2.45, 2.75) is 39.0 Å². The molecule has 1 aliphatic heterocycles. The van der Waals surface area contributed by atoms with Gasteiger partial charge in [-0.2, -0.15) is 0 Å². The SMILES string of the molecule is CCCCN(C)c1ncnc(N2CCC(Cc3ccccc3)CC2)c1[N+](=O)[O-]. The summed E-state index contributed by atoms with van der Waals surface area (Å²) in [6.07, 6.45) is 6.54. The number of aromatic nitrogens is 2. The highest BCUT2D eigenvalue weighted by Gasteiger charge is 2.31. The van der Waals surface area contributed by atoms with Crippen LogP contribution in [0.5, 0.6) is 0 Å². The van der Waals surface area contributed by atoms with Crippen LogP contribution in [0.2, 0.25) is 0 Å². The number of rotatable bonds is 8. The van der Waals surface area contributed by atoms with Gasteiger partial charge in [0.05, 0.1) is 4.92 Å². The first-order chi connectivity index (χ1) is 13.6. The van der Waals surface area contributed by atoms with Crippen LogP contribution in [-0.2, 0) is 6.42 Å². The lowest BCUT2D eigenvalue weighted by molar-refractivity contribution is -0.383. The Kier molecular flexibility index (Phi) is 6.79. The fraction of sp³-hybridized carbons (Fsp3) is 0.524. The second-order valence-corrected chi connectivity index (χ2v) is 7.52. The van der Waals surface area contributed by atoms with E-state index in [1.807, 2.05) is 18.0 Å². The molecule has 28 heavy (non-hydrogen) atoms. The van der Waals surface area contributed by atoms with E-state index in [-0.39, 0.29) is 10.6 Å². The Labute approximate surface area is 166 Å². The zero-order chi connectivity index (χ0) is 19.9. The quantitative estimate of drug-likeness (QED) is 0.505. The molecule has 150 valence electrons. The Morgan fingerprint density at radius 3 is 2.57 bits per heavy atom. The third kappa shape index (κ3) is 4.77. The molecule has 0 N–H and O–H groups in total. The zero-order valence-electron chi connectivity index (χ0n) is 16.8. The van der Waals surface area contributed by atoms with Crippen molar-refractivity contribution in [2.75, 3.05) is 36.5 Å². The summed E-state index contributed by atoms with van der Waals surface area (Å²) in [7, 11) is 1.86. The topological polar surface area (TPSA) is 75.4 Å². The minimum absolute atomic E-state index is 0.0302. The normalized spacial score (nSPS) is 14.9. The van der Waals surface area contributed by atoms with Crippen molar-refractivity contribution in [3.63, 3.8) is 0 Å². The summed E-state index contributed by atoms with van der Waals surface area (Å²) in [5.74, 6) is 1.47. The molecule has 1 aromatic heterocycles. The van der Waals surface area contributed by atoms with Gasteiger partial charge in [-0.15, -0.1) is 0 Å². The van der Waals surface area contributed by atoms with Crippen LogP contribution in [0.3, 0.4) is 0 Å². The van der Waals surface area contributed by atoms with Crippen LogP contribution in [0.4, 0.5) is 17.3 Å². The third-order valence-electron chi connectivity index (χ3n) is 5.46. The highest BCUT2D eigenvalue weighted by atomic mass is 16.6. The van der Waals surface area contributed by atoms with Gasteiger partial charge in [0.15, 0.2) is 0 Å². The molecule has 0 radical (unpaired) electrons. The predicted octanol–water partition coefficient (Wildman–Crippen LogP) is 4.08. The van der Waals surface area contributed by atoms with E-state index in [2.05, 4.69) is 46.1 Å². The number of hydrogen-bond donors (Lipinski definition) is 0. The maximum absolute atomic E-state index is 11.8. The van der Waals surface area contributed by atoms with Crippen molar-refractivity contribution in [3.05, 3.63) is 52.3 Å². The fourth-order valence-electron chi connectivity index (χ4n) is 3.83. The monoisotopic (exact) mass is 383 g/mol. The van der Waals surface area contributed by atoms with Gasteiger partial charge in [0.25, 0.3) is 0 Å². The molecular formula is C21H29N5O2. The Morgan fingerprint density at radius 2 is 1.93 bits per heavy atom. The van der Waals surface area contributed by atoms with Crippen LogP contribution in [0.25, 0.3) is 0 Å². The van der Waals surface area contributed by atoms with Gasteiger partial charge in [0, 0.05) is 26.7 Å². The molecule has 1 saturated heterocycles. The largest absolute Gasteiger partial charge is 0.354 e. The number of piperidine rings is 1. The molecule has 2 aromatic rings. The number of nitro groups is 1.